The van der Waals surface area contributed by atoms with Gasteiger partial charge >= 0.3 is 5.97 Å². The minimum absolute atomic E-state index is 0.00111. The number of ether oxygens (including phenoxy) is 1. The van der Waals surface area contributed by atoms with Crippen molar-refractivity contribution in [2.24, 2.45) is 0 Å². The molecule has 0 fully saturated rings. The lowest BCUT2D eigenvalue weighted by Crippen LogP contribution is -2.45. The summed E-state index contributed by atoms with van der Waals surface area (Å²) in [6, 6.07) is -0.540. The molecule has 6 nitrogen and oxygen atoms in total. The third-order valence-electron chi connectivity index (χ3n) is 14.7. The molecule has 6 heteroatoms. The van der Waals surface area contributed by atoms with E-state index in [1.807, 2.05) is 0 Å². The summed E-state index contributed by atoms with van der Waals surface area (Å²) in [5.41, 5.74) is 0. The van der Waals surface area contributed by atoms with E-state index in [4.69, 9.17) is 4.74 Å². The zero-order valence-corrected chi connectivity index (χ0v) is 47.7. The van der Waals surface area contributed by atoms with E-state index in [0.29, 0.717) is 25.9 Å². The molecule has 2 unspecified atom stereocenters. The van der Waals surface area contributed by atoms with Gasteiger partial charge in [0.1, 0.15) is 0 Å². The monoisotopic (exact) mass is 998 g/mol. The molecule has 418 valence electrons. The van der Waals surface area contributed by atoms with Crippen molar-refractivity contribution in [3.05, 3.63) is 36.5 Å². The fourth-order valence-corrected chi connectivity index (χ4v) is 9.77. The first-order valence-corrected chi connectivity index (χ1v) is 31.7. The van der Waals surface area contributed by atoms with Gasteiger partial charge in [-0.15, -0.1) is 0 Å². The van der Waals surface area contributed by atoms with Crippen LogP contribution in [0.2, 0.25) is 0 Å². The van der Waals surface area contributed by atoms with E-state index >= 15 is 0 Å². The highest BCUT2D eigenvalue weighted by Crippen LogP contribution is 2.17. The third-order valence-corrected chi connectivity index (χ3v) is 14.7. The molecule has 0 saturated heterocycles. The molecule has 0 rings (SSSR count). The van der Waals surface area contributed by atoms with Crippen LogP contribution in [0.3, 0.4) is 0 Å². The summed E-state index contributed by atoms with van der Waals surface area (Å²) in [6.07, 6.45) is 76.0. The minimum Gasteiger partial charge on any atom is -0.466 e. The SMILES string of the molecule is CCCC/C=C\C/C=C\CCCCCCCC(=O)OCCCCCCCCCCCCCC/C=C\CCCCCCCCCCCCCCC(=O)NC(CO)C(O)CCCCCCCCCCCCCC. The van der Waals surface area contributed by atoms with Crippen LogP contribution in [0.1, 0.15) is 341 Å². The molecule has 0 aromatic rings. The largest absolute Gasteiger partial charge is 0.466 e. The van der Waals surface area contributed by atoms with Crippen LogP contribution in [0.4, 0.5) is 0 Å². The summed E-state index contributed by atoms with van der Waals surface area (Å²) in [5, 5.41) is 23.2. The van der Waals surface area contributed by atoms with E-state index in [1.165, 1.54) is 257 Å². The van der Waals surface area contributed by atoms with E-state index in [1.54, 1.807) is 0 Å². The highest BCUT2D eigenvalue weighted by atomic mass is 16.5. The van der Waals surface area contributed by atoms with Crippen LogP contribution in [-0.4, -0.2) is 47.4 Å². The molecule has 71 heavy (non-hydrogen) atoms. The summed E-state index contributed by atoms with van der Waals surface area (Å²) >= 11 is 0. The van der Waals surface area contributed by atoms with Crippen LogP contribution in [0.25, 0.3) is 0 Å². The van der Waals surface area contributed by atoms with Gasteiger partial charge in [-0.3, -0.25) is 9.59 Å². The molecule has 0 bridgehead atoms. The Morgan fingerprint density at radius 1 is 0.394 bits per heavy atom. The maximum atomic E-state index is 12.5. The number of rotatable bonds is 59. The van der Waals surface area contributed by atoms with E-state index in [9.17, 15) is 19.8 Å². The van der Waals surface area contributed by atoms with Gasteiger partial charge in [0.05, 0.1) is 25.4 Å². The molecule has 0 saturated carbocycles. The Kier molecular flexibility index (Phi) is 59.0. The summed E-state index contributed by atoms with van der Waals surface area (Å²) in [5.74, 6) is -0.0335. The van der Waals surface area contributed by atoms with Crippen molar-refractivity contribution in [1.82, 2.24) is 5.32 Å². The summed E-state index contributed by atoms with van der Waals surface area (Å²) < 4.78 is 5.47. The number of carbonyl (C=O) groups excluding carboxylic acids is 2. The molecule has 0 aromatic heterocycles. The Hall–Kier alpha value is -1.92. The van der Waals surface area contributed by atoms with Crippen LogP contribution >= 0.6 is 0 Å². The van der Waals surface area contributed by atoms with Gasteiger partial charge in [0.2, 0.25) is 5.91 Å². The van der Waals surface area contributed by atoms with Gasteiger partial charge in [0.25, 0.3) is 0 Å². The smallest absolute Gasteiger partial charge is 0.305 e. The predicted octanol–water partition coefficient (Wildman–Crippen LogP) is 20.0. The highest BCUT2D eigenvalue weighted by molar-refractivity contribution is 5.76. The average Bonchev–Trinajstić information content (AvgIpc) is 3.37. The van der Waals surface area contributed by atoms with Crippen LogP contribution in [0.5, 0.6) is 0 Å². The number of esters is 1. The second-order valence-electron chi connectivity index (χ2n) is 21.7. The van der Waals surface area contributed by atoms with Gasteiger partial charge in [0.15, 0.2) is 0 Å². The predicted molar refractivity (Wildman–Crippen MR) is 310 cm³/mol. The number of amides is 1. The first kappa shape index (κ1) is 69.1. The number of hydrogen-bond acceptors (Lipinski definition) is 5. The lowest BCUT2D eigenvalue weighted by molar-refractivity contribution is -0.143. The number of carbonyl (C=O) groups is 2. The fraction of sp³-hybridized carbons (Fsp3) is 0.877. The lowest BCUT2D eigenvalue weighted by atomic mass is 10.0. The third kappa shape index (κ3) is 57.2. The van der Waals surface area contributed by atoms with Crippen molar-refractivity contribution in [2.45, 2.75) is 353 Å². The van der Waals surface area contributed by atoms with Gasteiger partial charge in [-0.05, 0) is 77.0 Å². The number of aliphatic hydroxyl groups excluding tert-OH is 2. The minimum atomic E-state index is -0.663. The van der Waals surface area contributed by atoms with Crippen molar-refractivity contribution in [3.63, 3.8) is 0 Å². The molecule has 3 N–H and O–H groups in total. The molecule has 0 aliphatic heterocycles. The molecule has 0 radical (unpaired) electrons. The summed E-state index contributed by atoms with van der Waals surface area (Å²) in [7, 11) is 0. The standard InChI is InChI=1S/C65H123NO5/c1-3-5-7-9-11-13-15-17-35-39-43-47-51-55-59-65(70)71-60-56-52-48-44-40-36-33-31-29-27-25-23-21-19-18-20-22-24-26-28-30-32-34-38-42-46-50-54-58-64(69)66-62(61-67)63(68)57-53-49-45-41-37-16-14-12-10-8-6-4-2/h9,11,15,17-19,62-63,67-68H,3-8,10,12-14,16,20-61H2,1-2H3,(H,66,69)/b11-9-,17-15-,19-18-. The second kappa shape index (κ2) is 60.6. The zero-order chi connectivity index (χ0) is 51.4. The van der Waals surface area contributed by atoms with Crippen LogP contribution in [-0.2, 0) is 14.3 Å². The van der Waals surface area contributed by atoms with Gasteiger partial charge in [0, 0.05) is 12.8 Å². The van der Waals surface area contributed by atoms with E-state index in [2.05, 4.69) is 55.6 Å². The highest BCUT2D eigenvalue weighted by Gasteiger charge is 2.20. The van der Waals surface area contributed by atoms with Crippen LogP contribution < -0.4 is 5.32 Å². The number of allylic oxidation sites excluding steroid dienone is 6. The maximum Gasteiger partial charge on any atom is 0.305 e. The average molecular weight is 999 g/mol. The maximum absolute atomic E-state index is 12.5. The van der Waals surface area contributed by atoms with Crippen LogP contribution in [0, 0.1) is 0 Å². The van der Waals surface area contributed by atoms with Crippen molar-refractivity contribution >= 4 is 11.9 Å². The zero-order valence-electron chi connectivity index (χ0n) is 47.7. The van der Waals surface area contributed by atoms with E-state index < -0.39 is 12.1 Å². The molecule has 1 amide bonds. The fourth-order valence-electron chi connectivity index (χ4n) is 9.77. The van der Waals surface area contributed by atoms with Gasteiger partial charge in [-0.25, -0.2) is 0 Å². The Bertz CT molecular complexity index is 1150. The number of hydrogen-bond donors (Lipinski definition) is 3. The van der Waals surface area contributed by atoms with Crippen molar-refractivity contribution < 1.29 is 24.5 Å². The van der Waals surface area contributed by atoms with Crippen LogP contribution in [0.15, 0.2) is 36.5 Å². The van der Waals surface area contributed by atoms with Gasteiger partial charge in [-0.2, -0.15) is 0 Å². The number of aliphatic hydroxyl groups is 2. The molecule has 0 heterocycles. The molecular formula is C65H123NO5. The van der Waals surface area contributed by atoms with Gasteiger partial charge < -0.3 is 20.3 Å². The summed E-state index contributed by atoms with van der Waals surface area (Å²) in [6.45, 7) is 4.91. The van der Waals surface area contributed by atoms with Crippen molar-refractivity contribution in [1.29, 1.82) is 0 Å². The van der Waals surface area contributed by atoms with E-state index in [0.717, 1.165) is 51.4 Å². The first-order valence-electron chi connectivity index (χ1n) is 31.7. The lowest BCUT2D eigenvalue weighted by Gasteiger charge is -2.22. The topological polar surface area (TPSA) is 95.9 Å². The number of unbranched alkanes of at least 4 members (excludes halogenated alkanes) is 42. The second-order valence-corrected chi connectivity index (χ2v) is 21.7. The first-order chi connectivity index (χ1) is 35.0. The van der Waals surface area contributed by atoms with Crippen molar-refractivity contribution in [2.75, 3.05) is 13.2 Å². The van der Waals surface area contributed by atoms with E-state index in [-0.39, 0.29) is 18.5 Å². The molecule has 0 spiro atoms. The quantitative estimate of drug-likeness (QED) is 0.0321. The van der Waals surface area contributed by atoms with Gasteiger partial charge in [-0.1, -0.05) is 288 Å². The molecule has 2 atom stereocenters. The molecular weight excluding hydrogens is 875 g/mol. The normalized spacial score (nSPS) is 12.8. The Morgan fingerprint density at radius 2 is 0.718 bits per heavy atom. The summed E-state index contributed by atoms with van der Waals surface area (Å²) in [4.78, 5) is 24.5. The Morgan fingerprint density at radius 3 is 1.13 bits per heavy atom. The molecule has 0 aromatic carbocycles. The Balaban J connectivity index is 3.37. The molecule has 0 aliphatic carbocycles. The molecule has 0 aliphatic rings. The Labute approximate surface area is 443 Å². The number of nitrogens with one attached hydrogen (secondary N) is 1. The van der Waals surface area contributed by atoms with Crippen molar-refractivity contribution in [3.8, 4) is 0 Å².